The number of aliphatic carboxylic acids is 5. The molecular weight excluding hydrogens is 990 g/mol. The zero-order valence-electron chi connectivity index (χ0n) is 30.4. The second kappa shape index (κ2) is 26.5. The Kier molecular flexibility index (Phi) is 23.9. The average Bonchev–Trinajstić information content (AvgIpc) is 3.11. The zero-order chi connectivity index (χ0) is 43.4. The van der Waals surface area contributed by atoms with Crippen LogP contribution in [0.5, 0.6) is 17.2 Å². The molecule has 0 fully saturated rings. The smallest absolute Gasteiger partial charge is 0.154 e. The van der Waals surface area contributed by atoms with E-state index in [9.17, 15) is 59.7 Å². The summed E-state index contributed by atoms with van der Waals surface area (Å²) in [4.78, 5) is 60.1. The molecule has 2 aromatic rings. The van der Waals surface area contributed by atoms with Gasteiger partial charge in [-0.05, 0) is 101 Å². The van der Waals surface area contributed by atoms with Crippen molar-refractivity contribution in [3.05, 3.63) is 49.1 Å². The summed E-state index contributed by atoms with van der Waals surface area (Å²) in [6.07, 6.45) is -5.80. The molecule has 5 atom stereocenters. The number of phenols is 1. The van der Waals surface area contributed by atoms with Crippen molar-refractivity contribution in [1.29, 1.82) is 0 Å². The van der Waals surface area contributed by atoms with Crippen molar-refractivity contribution < 1.29 is 84.9 Å². The number of benzene rings is 2. The van der Waals surface area contributed by atoms with E-state index in [0.29, 0.717) is 24.2 Å². The molecule has 0 aliphatic heterocycles. The van der Waals surface area contributed by atoms with Gasteiger partial charge in [0.25, 0.3) is 0 Å². The first-order valence-electron chi connectivity index (χ1n) is 16.8. The van der Waals surface area contributed by atoms with Crippen LogP contribution in [0, 0.1) is 7.14 Å². The summed E-state index contributed by atoms with van der Waals surface area (Å²) in [6, 6.07) is 7.97. The molecule has 0 radical (unpaired) electrons. The first-order chi connectivity index (χ1) is 26.7. The molecule has 0 heterocycles. The standard InChI is InChI=1S/C27H31I2N3O12.C7H17NO5/c28-19-9-16(10-20(29)26(19)44-18-3-1-17(33)2-4-18)11-21(27(42)43)32(7-5-30(12-22(34)35)13-23(36)37)8-6-31(14-24(38)39)15-25(40)41;1-8-2-4(10)6(12)7(13)5(11)3-9/h1-4,9-10,21,33H,5-8,11-15H2,(H,34,35)(H,36,37)(H,38,39)(H,40,41)(H,42,43);4-13H,2-3H2,1H3/p-5/t21-;/m1./s1. The molecule has 23 heteroatoms. The van der Waals surface area contributed by atoms with Crippen molar-refractivity contribution in [3.63, 3.8) is 0 Å². The Morgan fingerprint density at radius 3 is 1.51 bits per heavy atom. The summed E-state index contributed by atoms with van der Waals surface area (Å²) >= 11 is 4.01. The van der Waals surface area contributed by atoms with Gasteiger partial charge in [-0.25, -0.2) is 0 Å². The van der Waals surface area contributed by atoms with E-state index in [-0.39, 0.29) is 44.9 Å². The van der Waals surface area contributed by atoms with Gasteiger partial charge in [0.2, 0.25) is 0 Å². The van der Waals surface area contributed by atoms with Gasteiger partial charge < -0.3 is 90.2 Å². The number of aliphatic hydroxyl groups is 5. The maximum atomic E-state index is 12.4. The minimum atomic E-state index is -1.58. The van der Waals surface area contributed by atoms with Crippen molar-refractivity contribution in [2.75, 3.05) is 72.6 Å². The van der Waals surface area contributed by atoms with Crippen molar-refractivity contribution >= 4 is 75.0 Å². The van der Waals surface area contributed by atoms with Crippen molar-refractivity contribution in [2.24, 2.45) is 0 Å². The fraction of sp³-hybridized carbons (Fsp3) is 0.500. The highest BCUT2D eigenvalue weighted by Crippen LogP contribution is 2.34. The normalized spacial score (nSPS) is 13.9. The lowest BCUT2D eigenvalue weighted by atomic mass is 10.0. The third-order valence-electron chi connectivity index (χ3n) is 7.81. The summed E-state index contributed by atoms with van der Waals surface area (Å²) in [5.74, 6) is -6.89. The number of aromatic hydroxyl groups is 1. The fourth-order valence-electron chi connectivity index (χ4n) is 5.06. The quantitative estimate of drug-likeness (QED) is 0.0430. The van der Waals surface area contributed by atoms with E-state index in [1.807, 2.05) is 45.2 Å². The van der Waals surface area contributed by atoms with E-state index < -0.39 is 93.1 Å². The molecular formula is C34H43I2N4O17-5. The molecule has 320 valence electrons. The number of aliphatic hydroxyl groups excluding tert-OH is 5. The molecule has 0 saturated carbocycles. The topological polar surface area (TPSA) is 353 Å². The van der Waals surface area contributed by atoms with E-state index in [4.69, 9.17) is 25.2 Å². The van der Waals surface area contributed by atoms with Crippen LogP contribution < -0.4 is 35.6 Å². The summed E-state index contributed by atoms with van der Waals surface area (Å²) in [5.41, 5.74) is 0.527. The molecule has 4 unspecified atom stereocenters. The number of carboxylic acid groups (broad SMARTS) is 5. The van der Waals surface area contributed by atoms with Crippen LogP contribution in [-0.4, -0.2) is 178 Å². The Bertz CT molecular complexity index is 1510. The summed E-state index contributed by atoms with van der Waals surface area (Å²) in [6.45, 7) is -4.77. The first-order valence-corrected chi connectivity index (χ1v) is 19.0. The minimum Gasteiger partial charge on any atom is -0.549 e. The van der Waals surface area contributed by atoms with E-state index in [2.05, 4.69) is 5.32 Å². The highest BCUT2D eigenvalue weighted by atomic mass is 127. The Hall–Kier alpha value is -3.51. The van der Waals surface area contributed by atoms with Crippen molar-refractivity contribution in [2.45, 2.75) is 36.9 Å². The SMILES string of the molecule is CNCC(O)C(O)C(O)C(O)CO.O=C([O-])CN(CCN(CCN(CC(=O)[O-])CC(=O)[O-])[C@H](Cc1cc(I)c(Oc2ccc(O)cc2)c(I)c1)C(=O)[O-])CC(=O)[O-]. The molecule has 2 rings (SSSR count). The number of carboxylic acids is 5. The Morgan fingerprint density at radius 2 is 1.14 bits per heavy atom. The third-order valence-corrected chi connectivity index (χ3v) is 9.42. The number of nitrogens with zero attached hydrogens (tertiary/aromatic N) is 3. The van der Waals surface area contributed by atoms with Crippen LogP contribution >= 0.6 is 45.2 Å². The molecule has 0 aliphatic carbocycles. The lowest BCUT2D eigenvalue weighted by molar-refractivity contribution is -0.314. The second-order valence-corrected chi connectivity index (χ2v) is 14.6. The second-order valence-electron chi connectivity index (χ2n) is 12.3. The van der Waals surface area contributed by atoms with Crippen LogP contribution in [0.2, 0.25) is 0 Å². The zero-order valence-corrected chi connectivity index (χ0v) is 34.7. The predicted molar refractivity (Wildman–Crippen MR) is 202 cm³/mol. The molecule has 21 nitrogen and oxygen atoms in total. The largest absolute Gasteiger partial charge is 0.549 e. The lowest BCUT2D eigenvalue weighted by Gasteiger charge is -2.36. The molecule has 7 N–H and O–H groups in total. The number of nitrogens with one attached hydrogen (secondary N) is 1. The molecule has 0 aromatic heterocycles. The maximum Gasteiger partial charge on any atom is 0.154 e. The van der Waals surface area contributed by atoms with E-state index in [1.54, 1.807) is 31.3 Å². The van der Waals surface area contributed by atoms with E-state index in [0.717, 1.165) is 9.80 Å². The average molecular weight is 1030 g/mol. The Labute approximate surface area is 354 Å². The monoisotopic (exact) mass is 1030 g/mol. The number of hydrogen-bond donors (Lipinski definition) is 7. The van der Waals surface area contributed by atoms with Crippen LogP contribution in [0.1, 0.15) is 5.56 Å². The van der Waals surface area contributed by atoms with E-state index >= 15 is 0 Å². The summed E-state index contributed by atoms with van der Waals surface area (Å²) < 4.78 is 7.15. The van der Waals surface area contributed by atoms with Gasteiger partial charge in [-0.2, -0.15) is 0 Å². The molecule has 0 bridgehead atoms. The Morgan fingerprint density at radius 1 is 0.719 bits per heavy atom. The first kappa shape index (κ1) is 51.5. The van der Waals surface area contributed by atoms with Gasteiger partial charge in [0.15, 0.2) is 5.75 Å². The van der Waals surface area contributed by atoms with E-state index in [1.165, 1.54) is 17.0 Å². The van der Waals surface area contributed by atoms with Crippen molar-refractivity contribution in [3.8, 4) is 17.2 Å². The summed E-state index contributed by atoms with van der Waals surface area (Å²) in [7, 11) is 1.57. The lowest BCUT2D eigenvalue weighted by Crippen LogP contribution is -2.55. The molecule has 0 aliphatic rings. The molecule has 0 saturated heterocycles. The predicted octanol–water partition coefficient (Wildman–Crippen LogP) is -8.40. The number of carbonyl (C=O) groups excluding carboxylic acids is 5. The van der Waals surface area contributed by atoms with Crippen molar-refractivity contribution in [1.82, 2.24) is 20.0 Å². The molecule has 2 aromatic carbocycles. The number of carbonyl (C=O) groups is 5. The van der Waals surface area contributed by atoms with Gasteiger partial charge in [-0.15, -0.1) is 0 Å². The van der Waals surface area contributed by atoms with Gasteiger partial charge in [0, 0.05) is 58.9 Å². The number of likely N-dealkylation sites (N-methyl/N-ethyl adjacent to an activating group) is 1. The minimum absolute atomic E-state index is 0.0553. The van der Waals surface area contributed by atoms with Gasteiger partial charge in [-0.1, -0.05) is 0 Å². The van der Waals surface area contributed by atoms with Crippen LogP contribution in [0.25, 0.3) is 0 Å². The third kappa shape index (κ3) is 20.2. The number of halogens is 2. The van der Waals surface area contributed by atoms with Crippen LogP contribution in [-0.2, 0) is 30.4 Å². The number of hydrogen-bond acceptors (Lipinski definition) is 21. The number of ether oxygens (including phenoxy) is 1. The molecule has 0 amide bonds. The fourth-order valence-corrected chi connectivity index (χ4v) is 7.18. The Balaban J connectivity index is 0.00000106. The molecule has 57 heavy (non-hydrogen) atoms. The maximum absolute atomic E-state index is 12.4. The van der Waals surface area contributed by atoms with Crippen LogP contribution in [0.15, 0.2) is 36.4 Å². The van der Waals surface area contributed by atoms with Gasteiger partial charge in [0.1, 0.15) is 29.8 Å². The van der Waals surface area contributed by atoms with Crippen LogP contribution in [0.4, 0.5) is 0 Å². The number of rotatable bonds is 26. The van der Waals surface area contributed by atoms with Gasteiger partial charge in [0.05, 0.1) is 55.7 Å². The highest BCUT2D eigenvalue weighted by molar-refractivity contribution is 14.1. The molecule has 0 spiro atoms. The summed E-state index contributed by atoms with van der Waals surface area (Å²) in [5, 5.41) is 114. The van der Waals surface area contributed by atoms with Crippen LogP contribution in [0.3, 0.4) is 0 Å². The highest BCUT2D eigenvalue weighted by Gasteiger charge is 2.29. The van der Waals surface area contributed by atoms with Gasteiger partial charge >= 0.3 is 0 Å². The number of phenolic OH excluding ortho intramolecular Hbond substituents is 1. The van der Waals surface area contributed by atoms with Gasteiger partial charge in [-0.3, -0.25) is 14.7 Å².